The average Bonchev–Trinajstić information content (AvgIpc) is 3.05. The van der Waals surface area contributed by atoms with Gasteiger partial charge in [0.25, 0.3) is 0 Å². The maximum Gasteiger partial charge on any atom is 0.228 e. The van der Waals surface area contributed by atoms with Crippen molar-refractivity contribution in [1.82, 2.24) is 4.90 Å². The zero-order valence-electron chi connectivity index (χ0n) is 11.4. The average molecular weight is 254 g/mol. The van der Waals surface area contributed by atoms with Gasteiger partial charge in [0.1, 0.15) is 0 Å². The molecule has 2 fully saturated rings. The van der Waals surface area contributed by atoms with Crippen LogP contribution in [-0.2, 0) is 9.53 Å². The number of carbonyl (C=O) groups excluding carboxylic acids is 1. The van der Waals surface area contributed by atoms with Crippen molar-refractivity contribution >= 4 is 5.91 Å². The van der Waals surface area contributed by atoms with E-state index in [1.165, 1.54) is 12.8 Å². The summed E-state index contributed by atoms with van der Waals surface area (Å²) in [6, 6.07) is 0.430. The molecule has 0 aromatic carbocycles. The van der Waals surface area contributed by atoms with Crippen LogP contribution in [0.5, 0.6) is 0 Å². The Kier molecular flexibility index (Phi) is 5.01. The van der Waals surface area contributed by atoms with Crippen LogP contribution in [0.25, 0.3) is 0 Å². The molecule has 1 aliphatic heterocycles. The Labute approximate surface area is 110 Å². The summed E-state index contributed by atoms with van der Waals surface area (Å²) in [5, 5.41) is 0. The number of carbonyl (C=O) groups is 1. The fourth-order valence-electron chi connectivity index (χ4n) is 3.37. The molecule has 4 heteroatoms. The monoisotopic (exact) mass is 254 g/mol. The lowest BCUT2D eigenvalue weighted by Crippen LogP contribution is -2.46. The second-order valence-electron chi connectivity index (χ2n) is 5.47. The van der Waals surface area contributed by atoms with Crippen molar-refractivity contribution in [3.63, 3.8) is 0 Å². The van der Waals surface area contributed by atoms with Gasteiger partial charge in [0.05, 0.1) is 12.0 Å². The van der Waals surface area contributed by atoms with Gasteiger partial charge in [-0.05, 0) is 25.7 Å². The minimum atomic E-state index is 0.0714. The van der Waals surface area contributed by atoms with Gasteiger partial charge >= 0.3 is 0 Å². The first-order valence-corrected chi connectivity index (χ1v) is 7.40. The summed E-state index contributed by atoms with van der Waals surface area (Å²) >= 11 is 0. The lowest BCUT2D eigenvalue weighted by atomic mass is 9.97. The molecule has 2 N–H and O–H groups in total. The number of ether oxygens (including phenoxy) is 1. The van der Waals surface area contributed by atoms with Crippen LogP contribution in [-0.4, -0.2) is 42.6 Å². The van der Waals surface area contributed by atoms with E-state index in [0.29, 0.717) is 19.1 Å². The van der Waals surface area contributed by atoms with Crippen LogP contribution in [0.15, 0.2) is 0 Å². The van der Waals surface area contributed by atoms with Crippen LogP contribution in [0.1, 0.15) is 45.4 Å². The molecule has 0 aromatic rings. The van der Waals surface area contributed by atoms with Crippen LogP contribution >= 0.6 is 0 Å². The Bertz CT molecular complexity index is 277. The quantitative estimate of drug-likeness (QED) is 0.809. The smallest absolute Gasteiger partial charge is 0.228 e. The molecule has 0 spiro atoms. The molecule has 104 valence electrons. The summed E-state index contributed by atoms with van der Waals surface area (Å²) in [5.41, 5.74) is 5.68. The fourth-order valence-corrected chi connectivity index (χ4v) is 3.37. The van der Waals surface area contributed by atoms with Crippen molar-refractivity contribution in [2.45, 2.75) is 57.6 Å². The zero-order valence-corrected chi connectivity index (χ0v) is 11.4. The molecule has 1 amide bonds. The first kappa shape index (κ1) is 13.8. The summed E-state index contributed by atoms with van der Waals surface area (Å²) in [4.78, 5) is 14.7. The van der Waals surface area contributed by atoms with Crippen LogP contribution < -0.4 is 5.73 Å². The molecule has 1 aliphatic carbocycles. The maximum absolute atomic E-state index is 12.7. The van der Waals surface area contributed by atoms with Crippen LogP contribution in [0, 0.1) is 5.92 Å². The van der Waals surface area contributed by atoms with Gasteiger partial charge in [0.15, 0.2) is 0 Å². The summed E-state index contributed by atoms with van der Waals surface area (Å²) in [6.45, 7) is 4.10. The molecule has 0 aromatic heterocycles. The molecule has 4 nitrogen and oxygen atoms in total. The van der Waals surface area contributed by atoms with E-state index in [-0.39, 0.29) is 17.9 Å². The minimum Gasteiger partial charge on any atom is -0.377 e. The summed E-state index contributed by atoms with van der Waals surface area (Å²) in [7, 11) is 0. The third-order valence-corrected chi connectivity index (χ3v) is 4.35. The van der Waals surface area contributed by atoms with Gasteiger partial charge in [-0.3, -0.25) is 4.79 Å². The number of rotatable bonds is 5. The molecule has 2 rings (SSSR count). The molecule has 18 heavy (non-hydrogen) atoms. The van der Waals surface area contributed by atoms with Gasteiger partial charge < -0.3 is 15.4 Å². The highest BCUT2D eigenvalue weighted by atomic mass is 16.5. The molecule has 1 saturated carbocycles. The minimum absolute atomic E-state index is 0.0714. The first-order chi connectivity index (χ1) is 8.77. The van der Waals surface area contributed by atoms with Crippen molar-refractivity contribution < 1.29 is 9.53 Å². The molecule has 2 aliphatic rings. The van der Waals surface area contributed by atoms with Crippen molar-refractivity contribution in [3.8, 4) is 0 Å². The van der Waals surface area contributed by atoms with Crippen LogP contribution in [0.3, 0.4) is 0 Å². The van der Waals surface area contributed by atoms with Crippen molar-refractivity contribution in [1.29, 1.82) is 0 Å². The summed E-state index contributed by atoms with van der Waals surface area (Å²) < 4.78 is 5.65. The lowest BCUT2D eigenvalue weighted by Gasteiger charge is -2.32. The largest absolute Gasteiger partial charge is 0.377 e. The number of hydrogen-bond donors (Lipinski definition) is 1. The predicted octanol–water partition coefficient (Wildman–Crippen LogP) is 1.53. The zero-order chi connectivity index (χ0) is 13.0. The van der Waals surface area contributed by atoms with Crippen molar-refractivity contribution in [2.75, 3.05) is 19.7 Å². The van der Waals surface area contributed by atoms with Crippen LogP contribution in [0.2, 0.25) is 0 Å². The molecule has 0 radical (unpaired) electrons. The first-order valence-electron chi connectivity index (χ1n) is 7.40. The molecular formula is C14H26N2O2. The van der Waals surface area contributed by atoms with Gasteiger partial charge in [-0.15, -0.1) is 0 Å². The molecule has 2 atom stereocenters. The number of nitrogens with zero attached hydrogens (tertiary/aromatic N) is 1. The Hall–Kier alpha value is -0.610. The van der Waals surface area contributed by atoms with E-state index >= 15 is 0 Å². The molecule has 2 unspecified atom stereocenters. The highest BCUT2D eigenvalue weighted by Crippen LogP contribution is 2.29. The lowest BCUT2D eigenvalue weighted by molar-refractivity contribution is -0.139. The Balaban J connectivity index is 2.02. The second kappa shape index (κ2) is 6.53. The third-order valence-electron chi connectivity index (χ3n) is 4.35. The predicted molar refractivity (Wildman–Crippen MR) is 71.2 cm³/mol. The molecule has 1 heterocycles. The van der Waals surface area contributed by atoms with Gasteiger partial charge in [0.2, 0.25) is 5.91 Å². The standard InChI is InChI=1S/C14H26N2O2/c1-2-13-12(7-10-18-13)14(17)16(9-8-15)11-5-3-4-6-11/h11-13H,2-10,15H2,1H3. The van der Waals surface area contributed by atoms with E-state index in [4.69, 9.17) is 10.5 Å². The Morgan fingerprint density at radius 3 is 2.67 bits per heavy atom. The van der Waals surface area contributed by atoms with Gasteiger partial charge in [-0.25, -0.2) is 0 Å². The van der Waals surface area contributed by atoms with E-state index in [9.17, 15) is 4.79 Å². The molecular weight excluding hydrogens is 228 g/mol. The normalized spacial score (nSPS) is 28.8. The number of hydrogen-bond acceptors (Lipinski definition) is 3. The van der Waals surface area contributed by atoms with Crippen molar-refractivity contribution in [3.05, 3.63) is 0 Å². The highest BCUT2D eigenvalue weighted by molar-refractivity contribution is 5.80. The fraction of sp³-hybridized carbons (Fsp3) is 0.929. The Morgan fingerprint density at radius 2 is 2.06 bits per heavy atom. The van der Waals surface area contributed by atoms with Crippen LogP contribution in [0.4, 0.5) is 0 Å². The summed E-state index contributed by atoms with van der Waals surface area (Å²) in [5.74, 6) is 0.360. The maximum atomic E-state index is 12.7. The van der Waals surface area contributed by atoms with E-state index in [1.807, 2.05) is 0 Å². The van der Waals surface area contributed by atoms with Gasteiger partial charge in [0, 0.05) is 25.7 Å². The van der Waals surface area contributed by atoms with Crippen molar-refractivity contribution in [2.24, 2.45) is 11.7 Å². The number of amides is 1. The van der Waals surface area contributed by atoms with Gasteiger partial charge in [-0.1, -0.05) is 19.8 Å². The second-order valence-corrected chi connectivity index (χ2v) is 5.47. The van der Waals surface area contributed by atoms with E-state index in [1.54, 1.807) is 0 Å². The SMILES string of the molecule is CCC1OCCC1C(=O)N(CCN)C1CCCC1. The van der Waals surface area contributed by atoms with E-state index in [2.05, 4.69) is 11.8 Å². The third kappa shape index (κ3) is 2.86. The molecule has 0 bridgehead atoms. The summed E-state index contributed by atoms with van der Waals surface area (Å²) in [6.07, 6.45) is 6.73. The Morgan fingerprint density at radius 1 is 1.33 bits per heavy atom. The number of nitrogens with two attached hydrogens (primary N) is 1. The highest BCUT2D eigenvalue weighted by Gasteiger charge is 2.37. The molecule has 1 saturated heterocycles. The van der Waals surface area contributed by atoms with E-state index < -0.39 is 0 Å². The van der Waals surface area contributed by atoms with E-state index in [0.717, 1.165) is 32.3 Å². The van der Waals surface area contributed by atoms with Gasteiger partial charge in [-0.2, -0.15) is 0 Å². The topological polar surface area (TPSA) is 55.6 Å².